The first kappa shape index (κ1) is 21.6. The third kappa shape index (κ3) is 6.19. The molecule has 2 amide bonds. The van der Waals surface area contributed by atoms with Crippen molar-refractivity contribution >= 4 is 11.8 Å². The predicted octanol–water partition coefficient (Wildman–Crippen LogP) is 4.01. The second-order valence-electron chi connectivity index (χ2n) is 7.03. The molecular formula is C23H29FN2O2. The fraction of sp³-hybridized carbons (Fsp3) is 0.391. The van der Waals surface area contributed by atoms with Crippen molar-refractivity contribution in [2.75, 3.05) is 6.54 Å². The Morgan fingerprint density at radius 2 is 1.79 bits per heavy atom. The minimum atomic E-state index is -0.542. The van der Waals surface area contributed by atoms with Gasteiger partial charge in [-0.2, -0.15) is 0 Å². The van der Waals surface area contributed by atoms with E-state index in [1.807, 2.05) is 45.0 Å². The monoisotopic (exact) mass is 384 g/mol. The molecule has 0 radical (unpaired) electrons. The summed E-state index contributed by atoms with van der Waals surface area (Å²) in [7, 11) is 0. The van der Waals surface area contributed by atoms with Gasteiger partial charge in [-0.25, -0.2) is 4.39 Å². The Kier molecular flexibility index (Phi) is 8.18. The van der Waals surface area contributed by atoms with Gasteiger partial charge in [0.05, 0.1) is 6.42 Å². The zero-order chi connectivity index (χ0) is 20.5. The van der Waals surface area contributed by atoms with Crippen LogP contribution in [0, 0.1) is 12.7 Å². The number of amides is 2. The van der Waals surface area contributed by atoms with E-state index in [-0.39, 0.29) is 24.1 Å². The second-order valence-corrected chi connectivity index (χ2v) is 7.03. The van der Waals surface area contributed by atoms with Gasteiger partial charge < -0.3 is 10.2 Å². The summed E-state index contributed by atoms with van der Waals surface area (Å²) in [5.74, 6) is -0.616. The summed E-state index contributed by atoms with van der Waals surface area (Å²) in [6.07, 6.45) is 1.49. The average Bonchev–Trinajstić information content (AvgIpc) is 2.68. The molecule has 0 saturated carbocycles. The van der Waals surface area contributed by atoms with Gasteiger partial charge in [0.2, 0.25) is 11.8 Å². The number of nitrogens with one attached hydrogen (secondary N) is 1. The molecule has 0 aliphatic heterocycles. The van der Waals surface area contributed by atoms with Crippen LogP contribution in [0.25, 0.3) is 0 Å². The lowest BCUT2D eigenvalue weighted by molar-refractivity contribution is -0.140. The SMILES string of the molecule is CCCNC(=O)[C@H](CC)N(Cc1cccc(C)c1)C(=O)Cc1ccc(F)cc1. The number of halogens is 1. The number of aryl methyl sites for hydroxylation is 1. The van der Waals surface area contributed by atoms with E-state index in [9.17, 15) is 14.0 Å². The standard InChI is InChI=1S/C23H29FN2O2/c1-4-13-25-23(28)21(5-2)26(16-19-8-6-7-17(3)14-19)22(27)15-18-9-11-20(24)12-10-18/h6-12,14,21H,4-5,13,15-16H2,1-3H3,(H,25,28)/t21-/m0/s1. The molecule has 0 saturated heterocycles. The zero-order valence-electron chi connectivity index (χ0n) is 16.9. The molecule has 1 atom stereocenters. The average molecular weight is 384 g/mol. The number of carbonyl (C=O) groups is 2. The van der Waals surface area contributed by atoms with Crippen molar-refractivity contribution in [3.63, 3.8) is 0 Å². The maximum Gasteiger partial charge on any atom is 0.242 e. The van der Waals surface area contributed by atoms with Gasteiger partial charge in [0.25, 0.3) is 0 Å². The van der Waals surface area contributed by atoms with E-state index in [4.69, 9.17) is 0 Å². The van der Waals surface area contributed by atoms with Crippen LogP contribution >= 0.6 is 0 Å². The topological polar surface area (TPSA) is 49.4 Å². The molecule has 0 bridgehead atoms. The number of nitrogens with zero attached hydrogens (tertiary/aromatic N) is 1. The minimum absolute atomic E-state index is 0.129. The van der Waals surface area contributed by atoms with Crippen molar-refractivity contribution in [1.82, 2.24) is 10.2 Å². The van der Waals surface area contributed by atoms with Crippen LogP contribution in [-0.4, -0.2) is 29.3 Å². The molecule has 0 heterocycles. The first-order valence-corrected chi connectivity index (χ1v) is 9.81. The van der Waals surface area contributed by atoms with Crippen LogP contribution in [0.1, 0.15) is 43.4 Å². The molecule has 0 fully saturated rings. The Morgan fingerprint density at radius 1 is 1.07 bits per heavy atom. The van der Waals surface area contributed by atoms with Crippen molar-refractivity contribution in [2.24, 2.45) is 0 Å². The van der Waals surface area contributed by atoms with Gasteiger partial charge in [-0.05, 0) is 43.0 Å². The lowest BCUT2D eigenvalue weighted by atomic mass is 10.1. The van der Waals surface area contributed by atoms with Gasteiger partial charge in [-0.1, -0.05) is 55.8 Å². The quantitative estimate of drug-likeness (QED) is 0.710. The first-order chi connectivity index (χ1) is 13.4. The summed E-state index contributed by atoms with van der Waals surface area (Å²) in [4.78, 5) is 27.4. The Balaban J connectivity index is 2.26. The minimum Gasteiger partial charge on any atom is -0.354 e. The van der Waals surface area contributed by atoms with Gasteiger partial charge >= 0.3 is 0 Å². The van der Waals surface area contributed by atoms with Crippen LogP contribution in [0.5, 0.6) is 0 Å². The molecule has 0 aliphatic carbocycles. The summed E-state index contributed by atoms with van der Waals surface area (Å²) in [6, 6.07) is 13.3. The van der Waals surface area contributed by atoms with E-state index in [0.29, 0.717) is 19.5 Å². The molecule has 5 heteroatoms. The van der Waals surface area contributed by atoms with Crippen LogP contribution in [-0.2, 0) is 22.6 Å². The molecule has 28 heavy (non-hydrogen) atoms. The molecule has 150 valence electrons. The second kappa shape index (κ2) is 10.6. The van der Waals surface area contributed by atoms with E-state index >= 15 is 0 Å². The Bertz CT molecular complexity index is 789. The molecule has 2 aromatic rings. The number of rotatable bonds is 9. The molecule has 4 nitrogen and oxygen atoms in total. The van der Waals surface area contributed by atoms with Crippen molar-refractivity contribution in [3.8, 4) is 0 Å². The smallest absolute Gasteiger partial charge is 0.242 e. The molecule has 0 unspecified atom stereocenters. The highest BCUT2D eigenvalue weighted by Gasteiger charge is 2.28. The van der Waals surface area contributed by atoms with E-state index in [1.54, 1.807) is 17.0 Å². The van der Waals surface area contributed by atoms with Crippen molar-refractivity contribution in [3.05, 3.63) is 71.0 Å². The van der Waals surface area contributed by atoms with Crippen LogP contribution in [0.2, 0.25) is 0 Å². The highest BCUT2D eigenvalue weighted by molar-refractivity contribution is 5.88. The molecule has 0 aromatic heterocycles. The molecule has 1 N–H and O–H groups in total. The summed E-state index contributed by atoms with van der Waals surface area (Å²) in [6.45, 7) is 6.84. The van der Waals surface area contributed by atoms with Crippen LogP contribution in [0.4, 0.5) is 4.39 Å². The summed E-state index contributed by atoms with van der Waals surface area (Å²) >= 11 is 0. The van der Waals surface area contributed by atoms with Gasteiger partial charge in [-0.3, -0.25) is 9.59 Å². The lowest BCUT2D eigenvalue weighted by Crippen LogP contribution is -2.49. The number of carbonyl (C=O) groups excluding carboxylic acids is 2. The van der Waals surface area contributed by atoms with Crippen LogP contribution < -0.4 is 5.32 Å². The van der Waals surface area contributed by atoms with Crippen LogP contribution in [0.15, 0.2) is 48.5 Å². The first-order valence-electron chi connectivity index (χ1n) is 9.81. The molecular weight excluding hydrogens is 355 g/mol. The van der Waals surface area contributed by atoms with Gasteiger partial charge in [0.1, 0.15) is 11.9 Å². The predicted molar refractivity (Wildman–Crippen MR) is 109 cm³/mol. The van der Waals surface area contributed by atoms with Crippen molar-refractivity contribution < 1.29 is 14.0 Å². The van der Waals surface area contributed by atoms with E-state index in [2.05, 4.69) is 5.32 Å². The van der Waals surface area contributed by atoms with E-state index in [1.165, 1.54) is 12.1 Å². The highest BCUT2D eigenvalue weighted by atomic mass is 19.1. The third-order valence-electron chi connectivity index (χ3n) is 4.64. The maximum absolute atomic E-state index is 13.2. The molecule has 2 rings (SSSR count). The Labute approximate surface area is 166 Å². The van der Waals surface area contributed by atoms with Crippen molar-refractivity contribution in [2.45, 2.75) is 52.6 Å². The number of hydrogen-bond donors (Lipinski definition) is 1. The van der Waals surface area contributed by atoms with E-state index < -0.39 is 6.04 Å². The molecule has 0 spiro atoms. The Morgan fingerprint density at radius 3 is 2.39 bits per heavy atom. The lowest BCUT2D eigenvalue weighted by Gasteiger charge is -2.31. The third-order valence-corrected chi connectivity index (χ3v) is 4.64. The summed E-state index contributed by atoms with van der Waals surface area (Å²) < 4.78 is 13.2. The molecule has 2 aromatic carbocycles. The van der Waals surface area contributed by atoms with Gasteiger partial charge in [0.15, 0.2) is 0 Å². The number of benzene rings is 2. The number of hydrogen-bond acceptors (Lipinski definition) is 2. The van der Waals surface area contributed by atoms with E-state index in [0.717, 1.165) is 23.1 Å². The van der Waals surface area contributed by atoms with Gasteiger partial charge in [-0.15, -0.1) is 0 Å². The zero-order valence-corrected chi connectivity index (χ0v) is 16.9. The fourth-order valence-corrected chi connectivity index (χ4v) is 3.17. The summed E-state index contributed by atoms with van der Waals surface area (Å²) in [5.41, 5.74) is 2.81. The normalized spacial score (nSPS) is 11.7. The van der Waals surface area contributed by atoms with Gasteiger partial charge in [0, 0.05) is 13.1 Å². The van der Waals surface area contributed by atoms with Crippen molar-refractivity contribution in [1.29, 1.82) is 0 Å². The largest absolute Gasteiger partial charge is 0.354 e. The summed E-state index contributed by atoms with van der Waals surface area (Å²) in [5, 5.41) is 2.90. The highest BCUT2D eigenvalue weighted by Crippen LogP contribution is 2.16. The fourth-order valence-electron chi connectivity index (χ4n) is 3.17. The molecule has 0 aliphatic rings. The van der Waals surface area contributed by atoms with Crippen LogP contribution in [0.3, 0.4) is 0 Å². The maximum atomic E-state index is 13.2. The Hall–Kier alpha value is -2.69.